The second-order valence-electron chi connectivity index (χ2n) is 6.37. The molecule has 3 heterocycles. The van der Waals surface area contributed by atoms with Crippen LogP contribution in [0.4, 0.5) is 0 Å². The molecule has 1 N–H and O–H groups in total. The largest absolute Gasteiger partial charge is 0.341 e. The van der Waals surface area contributed by atoms with Gasteiger partial charge in [-0.05, 0) is 37.8 Å². The Morgan fingerprint density at radius 2 is 2.14 bits per heavy atom. The maximum absolute atomic E-state index is 13.2. The molecule has 0 spiro atoms. The summed E-state index contributed by atoms with van der Waals surface area (Å²) in [4.78, 5) is 21.8. The lowest BCUT2D eigenvalue weighted by Crippen LogP contribution is -2.55. The van der Waals surface area contributed by atoms with Crippen molar-refractivity contribution in [1.29, 1.82) is 0 Å². The van der Waals surface area contributed by atoms with Crippen LogP contribution in [-0.2, 0) is 4.79 Å². The van der Waals surface area contributed by atoms with Crippen molar-refractivity contribution in [3.05, 3.63) is 30.1 Å². The topological polar surface area (TPSA) is 48.5 Å². The van der Waals surface area contributed by atoms with Crippen molar-refractivity contribution >= 4 is 5.91 Å². The lowest BCUT2D eigenvalue weighted by molar-refractivity contribution is -0.139. The van der Waals surface area contributed by atoms with Gasteiger partial charge in [-0.3, -0.25) is 14.7 Å². The van der Waals surface area contributed by atoms with Gasteiger partial charge in [0, 0.05) is 51.2 Å². The van der Waals surface area contributed by atoms with Crippen LogP contribution in [0.1, 0.15) is 37.8 Å². The molecule has 2 aliphatic rings. The molecule has 2 aliphatic heterocycles. The average Bonchev–Trinajstić information content (AvgIpc) is 2.58. The summed E-state index contributed by atoms with van der Waals surface area (Å²) in [5, 5.41) is 3.41. The molecule has 0 radical (unpaired) electrons. The maximum atomic E-state index is 13.2. The summed E-state index contributed by atoms with van der Waals surface area (Å²) in [5.74, 6) is 0.251. The Balaban J connectivity index is 1.86. The van der Waals surface area contributed by atoms with Gasteiger partial charge in [0.15, 0.2) is 0 Å². The smallest absolute Gasteiger partial charge is 0.244 e. The third-order valence-corrected chi connectivity index (χ3v) is 4.79. The van der Waals surface area contributed by atoms with Crippen molar-refractivity contribution in [3.8, 4) is 0 Å². The molecule has 5 heteroatoms. The summed E-state index contributed by atoms with van der Waals surface area (Å²) in [7, 11) is 0. The minimum absolute atomic E-state index is 0.191. The van der Waals surface area contributed by atoms with E-state index < -0.39 is 0 Å². The molecule has 0 saturated carbocycles. The van der Waals surface area contributed by atoms with Crippen LogP contribution in [-0.4, -0.2) is 59.5 Å². The Morgan fingerprint density at radius 3 is 2.82 bits per heavy atom. The van der Waals surface area contributed by atoms with E-state index >= 15 is 0 Å². The zero-order chi connectivity index (χ0) is 15.4. The number of pyridine rings is 1. The molecular weight excluding hydrogens is 276 g/mol. The lowest BCUT2D eigenvalue weighted by atomic mass is 10.0. The van der Waals surface area contributed by atoms with E-state index in [1.807, 2.05) is 18.3 Å². The van der Waals surface area contributed by atoms with Crippen molar-refractivity contribution in [2.75, 3.05) is 32.7 Å². The molecule has 22 heavy (non-hydrogen) atoms. The molecule has 0 aromatic carbocycles. The van der Waals surface area contributed by atoms with E-state index in [4.69, 9.17) is 0 Å². The van der Waals surface area contributed by atoms with Crippen LogP contribution in [0.15, 0.2) is 24.5 Å². The molecule has 0 bridgehead atoms. The molecule has 2 unspecified atom stereocenters. The Kier molecular flexibility index (Phi) is 5.05. The zero-order valence-corrected chi connectivity index (χ0v) is 13.4. The number of piperidine rings is 1. The number of likely N-dealkylation sites (tertiary alicyclic amines) is 1. The van der Waals surface area contributed by atoms with Crippen LogP contribution in [0.2, 0.25) is 0 Å². The van der Waals surface area contributed by atoms with Gasteiger partial charge in [0.2, 0.25) is 5.91 Å². The Hall–Kier alpha value is -1.46. The molecule has 3 rings (SSSR count). The van der Waals surface area contributed by atoms with E-state index in [9.17, 15) is 4.79 Å². The first-order chi connectivity index (χ1) is 10.8. The number of carbonyl (C=O) groups excluding carboxylic acids is 1. The number of hydrogen-bond donors (Lipinski definition) is 1. The Morgan fingerprint density at radius 1 is 1.32 bits per heavy atom. The SMILES string of the molecule is CC1CNCCN1C(C(=O)N1CCCCC1)c1cccnc1. The average molecular weight is 302 g/mol. The highest BCUT2D eigenvalue weighted by Gasteiger charge is 2.35. The molecule has 2 fully saturated rings. The normalized spacial score (nSPS) is 25.0. The number of rotatable bonds is 3. The summed E-state index contributed by atoms with van der Waals surface area (Å²) < 4.78 is 0. The van der Waals surface area contributed by atoms with Crippen molar-refractivity contribution in [2.24, 2.45) is 0 Å². The van der Waals surface area contributed by atoms with Gasteiger partial charge < -0.3 is 10.2 Å². The van der Waals surface area contributed by atoms with E-state index in [0.717, 1.165) is 51.1 Å². The predicted molar refractivity (Wildman–Crippen MR) is 86.4 cm³/mol. The van der Waals surface area contributed by atoms with Crippen molar-refractivity contribution in [2.45, 2.75) is 38.3 Å². The van der Waals surface area contributed by atoms with Gasteiger partial charge in [-0.25, -0.2) is 0 Å². The molecule has 1 amide bonds. The molecule has 1 aromatic rings. The standard InChI is InChI=1S/C17H26N4O/c1-14-12-19-8-11-21(14)16(15-6-5-7-18-13-15)17(22)20-9-3-2-4-10-20/h5-7,13-14,16,19H,2-4,8-12H2,1H3. The molecule has 2 saturated heterocycles. The van der Waals surface area contributed by atoms with Gasteiger partial charge in [0.25, 0.3) is 0 Å². The highest BCUT2D eigenvalue weighted by Crippen LogP contribution is 2.27. The number of carbonyl (C=O) groups is 1. The predicted octanol–water partition coefficient (Wildman–Crippen LogP) is 1.43. The van der Waals surface area contributed by atoms with Crippen molar-refractivity contribution < 1.29 is 4.79 Å². The Bertz CT molecular complexity index is 487. The first kappa shape index (κ1) is 15.4. The van der Waals surface area contributed by atoms with Gasteiger partial charge in [0.1, 0.15) is 6.04 Å². The maximum Gasteiger partial charge on any atom is 0.244 e. The highest BCUT2D eigenvalue weighted by atomic mass is 16.2. The summed E-state index contributed by atoms with van der Waals surface area (Å²) in [6, 6.07) is 4.13. The molecule has 2 atom stereocenters. The van der Waals surface area contributed by atoms with Crippen LogP contribution in [0.5, 0.6) is 0 Å². The van der Waals surface area contributed by atoms with E-state index in [1.165, 1.54) is 6.42 Å². The van der Waals surface area contributed by atoms with Gasteiger partial charge in [-0.1, -0.05) is 6.07 Å². The monoisotopic (exact) mass is 302 g/mol. The quantitative estimate of drug-likeness (QED) is 0.917. The molecule has 5 nitrogen and oxygen atoms in total. The number of hydrogen-bond acceptors (Lipinski definition) is 4. The van der Waals surface area contributed by atoms with E-state index in [-0.39, 0.29) is 11.9 Å². The zero-order valence-electron chi connectivity index (χ0n) is 13.4. The summed E-state index contributed by atoms with van der Waals surface area (Å²) in [6.45, 7) is 6.77. The minimum Gasteiger partial charge on any atom is -0.341 e. The minimum atomic E-state index is -0.191. The number of aromatic nitrogens is 1. The second-order valence-corrected chi connectivity index (χ2v) is 6.37. The van der Waals surface area contributed by atoms with Crippen LogP contribution >= 0.6 is 0 Å². The third-order valence-electron chi connectivity index (χ3n) is 4.79. The van der Waals surface area contributed by atoms with Gasteiger partial charge >= 0.3 is 0 Å². The molecular formula is C17H26N4O. The number of nitrogens with zero attached hydrogens (tertiary/aromatic N) is 3. The summed E-state index contributed by atoms with van der Waals surface area (Å²) in [5.41, 5.74) is 1.02. The first-order valence-corrected chi connectivity index (χ1v) is 8.42. The fourth-order valence-electron chi connectivity index (χ4n) is 3.54. The van der Waals surface area contributed by atoms with Crippen LogP contribution in [0.3, 0.4) is 0 Å². The van der Waals surface area contributed by atoms with Crippen LogP contribution < -0.4 is 5.32 Å². The first-order valence-electron chi connectivity index (χ1n) is 8.42. The van der Waals surface area contributed by atoms with Gasteiger partial charge in [0.05, 0.1) is 0 Å². The number of piperazine rings is 1. The van der Waals surface area contributed by atoms with Gasteiger partial charge in [-0.15, -0.1) is 0 Å². The summed E-state index contributed by atoms with van der Waals surface area (Å²) >= 11 is 0. The Labute approximate surface area is 132 Å². The number of amides is 1. The van der Waals surface area contributed by atoms with Gasteiger partial charge in [-0.2, -0.15) is 0 Å². The fraction of sp³-hybridized carbons (Fsp3) is 0.647. The van der Waals surface area contributed by atoms with E-state index in [0.29, 0.717) is 6.04 Å². The van der Waals surface area contributed by atoms with E-state index in [1.54, 1.807) is 6.20 Å². The lowest BCUT2D eigenvalue weighted by Gasteiger charge is -2.41. The van der Waals surface area contributed by atoms with Crippen LogP contribution in [0.25, 0.3) is 0 Å². The second kappa shape index (κ2) is 7.20. The molecule has 0 aliphatic carbocycles. The van der Waals surface area contributed by atoms with Crippen molar-refractivity contribution in [3.63, 3.8) is 0 Å². The molecule has 120 valence electrons. The fourth-order valence-corrected chi connectivity index (χ4v) is 3.54. The van der Waals surface area contributed by atoms with Crippen molar-refractivity contribution in [1.82, 2.24) is 20.1 Å². The molecule has 1 aromatic heterocycles. The van der Waals surface area contributed by atoms with Crippen LogP contribution in [0, 0.1) is 0 Å². The number of nitrogens with one attached hydrogen (secondary N) is 1. The summed E-state index contributed by atoms with van der Waals surface area (Å²) in [6.07, 6.45) is 7.12. The highest BCUT2D eigenvalue weighted by molar-refractivity contribution is 5.83. The van der Waals surface area contributed by atoms with E-state index in [2.05, 4.69) is 27.0 Å². The third kappa shape index (κ3) is 3.31.